The van der Waals surface area contributed by atoms with Gasteiger partial charge in [0.15, 0.2) is 11.5 Å². The van der Waals surface area contributed by atoms with Crippen molar-refractivity contribution in [2.24, 2.45) is 5.92 Å². The molecule has 0 saturated carbocycles. The van der Waals surface area contributed by atoms with Crippen LogP contribution in [0.2, 0.25) is 0 Å². The summed E-state index contributed by atoms with van der Waals surface area (Å²) >= 11 is 0. The Balaban J connectivity index is 1.25. The lowest BCUT2D eigenvalue weighted by Gasteiger charge is -2.37. The molecule has 0 aliphatic carbocycles. The van der Waals surface area contributed by atoms with Crippen molar-refractivity contribution in [1.29, 1.82) is 0 Å². The number of hydrogen-bond acceptors (Lipinski definition) is 7. The van der Waals surface area contributed by atoms with E-state index < -0.39 is 11.0 Å². The number of pyridine rings is 2. The number of methoxy groups -OCH3 is 1. The van der Waals surface area contributed by atoms with Gasteiger partial charge in [0.05, 0.1) is 40.1 Å². The zero-order valence-corrected chi connectivity index (χ0v) is 24.6. The first kappa shape index (κ1) is 28.7. The van der Waals surface area contributed by atoms with E-state index >= 15 is 0 Å². The number of piperidine rings is 1. The SMILES string of the molecule is COc1ccc2ncc(F)c(CCN3CCC(C(Cc4ccc5c(c4)OCCO5)NS(=O)C(C)(C)C)CC3)c2n1. The van der Waals surface area contributed by atoms with Gasteiger partial charge >= 0.3 is 0 Å². The molecule has 1 N–H and O–H groups in total. The molecule has 0 bridgehead atoms. The number of fused-ring (bicyclic) bond motifs is 2. The van der Waals surface area contributed by atoms with Gasteiger partial charge in [-0.25, -0.2) is 18.3 Å². The van der Waals surface area contributed by atoms with Gasteiger partial charge in [-0.2, -0.15) is 0 Å². The van der Waals surface area contributed by atoms with Crippen molar-refractivity contribution in [2.45, 2.75) is 57.2 Å². The molecule has 2 aliphatic rings. The fourth-order valence-corrected chi connectivity index (χ4v) is 6.27. The topological polar surface area (TPSA) is 85.8 Å². The van der Waals surface area contributed by atoms with Crippen molar-refractivity contribution in [3.05, 3.63) is 53.5 Å². The maximum atomic E-state index is 14.8. The van der Waals surface area contributed by atoms with Crippen molar-refractivity contribution in [3.8, 4) is 17.4 Å². The van der Waals surface area contributed by atoms with E-state index in [1.807, 2.05) is 32.9 Å². The lowest BCUT2D eigenvalue weighted by atomic mass is 9.86. The third-order valence-corrected chi connectivity index (χ3v) is 9.33. The van der Waals surface area contributed by atoms with Crippen molar-refractivity contribution in [3.63, 3.8) is 0 Å². The van der Waals surface area contributed by atoms with E-state index in [0.717, 1.165) is 56.0 Å². The molecule has 1 saturated heterocycles. The van der Waals surface area contributed by atoms with Crippen molar-refractivity contribution in [2.75, 3.05) is 40.0 Å². The molecule has 2 atom stereocenters. The van der Waals surface area contributed by atoms with Crippen LogP contribution in [0.4, 0.5) is 4.39 Å². The summed E-state index contributed by atoms with van der Waals surface area (Å²) in [7, 11) is 0.368. The minimum Gasteiger partial charge on any atom is -0.486 e. The molecular weight excluding hydrogens is 531 g/mol. The Hall–Kier alpha value is -2.82. The lowest BCUT2D eigenvalue weighted by molar-refractivity contribution is 0.165. The molecule has 2 aromatic heterocycles. The minimum atomic E-state index is -1.19. The second kappa shape index (κ2) is 12.4. The Morgan fingerprint density at radius 2 is 1.90 bits per heavy atom. The van der Waals surface area contributed by atoms with Gasteiger partial charge in [0.25, 0.3) is 0 Å². The highest BCUT2D eigenvalue weighted by Gasteiger charge is 2.31. The highest BCUT2D eigenvalue weighted by atomic mass is 32.2. The number of nitrogens with one attached hydrogen (secondary N) is 1. The van der Waals surface area contributed by atoms with Gasteiger partial charge in [-0.3, -0.25) is 4.98 Å². The highest BCUT2D eigenvalue weighted by molar-refractivity contribution is 7.84. The van der Waals surface area contributed by atoms with Crippen LogP contribution < -0.4 is 18.9 Å². The monoisotopic (exact) mass is 570 g/mol. The van der Waals surface area contributed by atoms with E-state index in [2.05, 4.69) is 31.7 Å². The minimum absolute atomic E-state index is 0.0583. The van der Waals surface area contributed by atoms with Crippen LogP contribution >= 0.6 is 0 Å². The molecule has 1 aromatic carbocycles. The molecule has 216 valence electrons. The molecule has 10 heteroatoms. The molecule has 40 heavy (non-hydrogen) atoms. The first-order valence-electron chi connectivity index (χ1n) is 14.0. The number of likely N-dealkylation sites (tertiary alicyclic amines) is 1. The number of rotatable bonds is 9. The number of aromatic nitrogens is 2. The summed E-state index contributed by atoms with van der Waals surface area (Å²) in [5, 5.41) is 0. The normalized spacial score (nSPS) is 18.0. The first-order valence-corrected chi connectivity index (χ1v) is 15.1. The van der Waals surface area contributed by atoms with Crippen LogP contribution in [0.3, 0.4) is 0 Å². The zero-order valence-electron chi connectivity index (χ0n) is 23.7. The fourth-order valence-electron chi connectivity index (χ4n) is 5.37. The van der Waals surface area contributed by atoms with Gasteiger partial charge in [0, 0.05) is 24.2 Å². The van der Waals surface area contributed by atoms with Crippen molar-refractivity contribution < 1.29 is 22.8 Å². The van der Waals surface area contributed by atoms with Crippen molar-refractivity contribution in [1.82, 2.24) is 19.6 Å². The van der Waals surface area contributed by atoms with E-state index in [1.165, 1.54) is 6.20 Å². The van der Waals surface area contributed by atoms with E-state index in [9.17, 15) is 8.60 Å². The van der Waals surface area contributed by atoms with Crippen molar-refractivity contribution >= 4 is 22.0 Å². The summed E-state index contributed by atoms with van der Waals surface area (Å²) < 4.78 is 47.8. The summed E-state index contributed by atoms with van der Waals surface area (Å²) in [6.45, 7) is 9.61. The zero-order chi connectivity index (χ0) is 28.3. The Kier molecular flexibility index (Phi) is 8.87. The molecule has 3 aromatic rings. The summed E-state index contributed by atoms with van der Waals surface area (Å²) in [5.41, 5.74) is 2.93. The predicted octanol–water partition coefficient (Wildman–Crippen LogP) is 4.47. The second-order valence-corrected chi connectivity index (χ2v) is 13.5. The van der Waals surface area contributed by atoms with Gasteiger partial charge in [-0.05, 0) is 89.2 Å². The fraction of sp³-hybridized carbons (Fsp3) is 0.533. The largest absolute Gasteiger partial charge is 0.486 e. The summed E-state index contributed by atoms with van der Waals surface area (Å²) in [5.74, 6) is 2.03. The number of nitrogens with zero attached hydrogens (tertiary/aromatic N) is 3. The molecule has 2 unspecified atom stereocenters. The van der Waals surface area contributed by atoms with Crippen LogP contribution in [-0.2, 0) is 23.8 Å². The summed E-state index contributed by atoms with van der Waals surface area (Å²) in [4.78, 5) is 11.0. The van der Waals surface area contributed by atoms with Gasteiger partial charge < -0.3 is 19.1 Å². The van der Waals surface area contributed by atoms with Gasteiger partial charge in [0.2, 0.25) is 5.88 Å². The molecular formula is C30H39FN4O4S. The molecule has 8 nitrogen and oxygen atoms in total. The highest BCUT2D eigenvalue weighted by Crippen LogP contribution is 2.33. The third kappa shape index (κ3) is 6.72. The Morgan fingerprint density at radius 3 is 2.62 bits per heavy atom. The molecule has 0 spiro atoms. The van der Waals surface area contributed by atoms with Crippen LogP contribution in [0.5, 0.6) is 17.4 Å². The van der Waals surface area contributed by atoms with E-state index in [4.69, 9.17) is 14.2 Å². The van der Waals surface area contributed by atoms with Crippen LogP contribution in [0.25, 0.3) is 11.0 Å². The summed E-state index contributed by atoms with van der Waals surface area (Å²) in [6, 6.07) is 9.71. The smallest absolute Gasteiger partial charge is 0.213 e. The second-order valence-electron chi connectivity index (χ2n) is 11.5. The first-order chi connectivity index (χ1) is 19.2. The predicted molar refractivity (Wildman–Crippen MR) is 155 cm³/mol. The average Bonchev–Trinajstić information content (AvgIpc) is 2.95. The molecule has 2 aliphatic heterocycles. The van der Waals surface area contributed by atoms with Crippen LogP contribution in [0.1, 0.15) is 44.7 Å². The van der Waals surface area contributed by atoms with Gasteiger partial charge in [-0.15, -0.1) is 0 Å². The Bertz CT molecular complexity index is 1360. The third-order valence-electron chi connectivity index (χ3n) is 7.70. The number of hydrogen-bond donors (Lipinski definition) is 1. The average molecular weight is 571 g/mol. The quantitative estimate of drug-likeness (QED) is 0.406. The van der Waals surface area contributed by atoms with Crippen LogP contribution in [-0.4, -0.2) is 69.8 Å². The van der Waals surface area contributed by atoms with E-state index in [1.54, 1.807) is 13.2 Å². The molecule has 0 radical (unpaired) electrons. The lowest BCUT2D eigenvalue weighted by Crippen LogP contribution is -2.48. The maximum absolute atomic E-state index is 14.8. The molecule has 4 heterocycles. The van der Waals surface area contributed by atoms with E-state index in [0.29, 0.717) is 48.0 Å². The standard InChI is InChI=1S/C30H39FN4O4S/c1-30(2,3)40(36)34-25(17-20-5-7-26-27(18-20)39-16-15-38-26)21-9-12-35(13-10-21)14-11-22-23(31)19-32-24-6-8-28(37-4)33-29(22)24/h5-8,18-19,21,25,34H,9-17H2,1-4H3. The van der Waals surface area contributed by atoms with E-state index in [-0.39, 0.29) is 16.6 Å². The number of halogens is 1. The summed E-state index contributed by atoms with van der Waals surface area (Å²) in [6.07, 6.45) is 4.51. The van der Waals surface area contributed by atoms with Gasteiger partial charge in [0.1, 0.15) is 19.0 Å². The Morgan fingerprint density at radius 1 is 1.15 bits per heavy atom. The number of benzene rings is 1. The van der Waals surface area contributed by atoms with Crippen LogP contribution in [0.15, 0.2) is 36.5 Å². The maximum Gasteiger partial charge on any atom is 0.213 e. The number of ether oxygens (including phenoxy) is 3. The van der Waals surface area contributed by atoms with Gasteiger partial charge in [-0.1, -0.05) is 6.07 Å². The molecule has 5 rings (SSSR count). The molecule has 0 amide bonds. The van der Waals surface area contributed by atoms with Crippen LogP contribution in [0, 0.1) is 11.7 Å². The Labute approximate surface area is 238 Å². The molecule has 1 fully saturated rings.